The van der Waals surface area contributed by atoms with Gasteiger partial charge in [-0.15, -0.1) is 0 Å². The van der Waals surface area contributed by atoms with Crippen molar-refractivity contribution in [2.24, 2.45) is 0 Å². The zero-order valence-electron chi connectivity index (χ0n) is 11.7. The standard InChI is InChI=1S/C14H22BrN3O/c1-3-17(4-2)11-12-13(5-6-14(15)16-12)18-7-9-19-10-8-18/h5-6H,3-4,7-11H2,1-2H3. The van der Waals surface area contributed by atoms with E-state index in [0.29, 0.717) is 0 Å². The van der Waals surface area contributed by atoms with Gasteiger partial charge in [0.15, 0.2) is 0 Å². The summed E-state index contributed by atoms with van der Waals surface area (Å²) in [4.78, 5) is 9.44. The van der Waals surface area contributed by atoms with Crippen molar-refractivity contribution in [3.8, 4) is 0 Å². The Bertz CT molecular complexity index is 404. The number of nitrogens with zero attached hydrogens (tertiary/aromatic N) is 3. The Kier molecular flexibility index (Phi) is 5.60. The van der Waals surface area contributed by atoms with Crippen molar-refractivity contribution in [1.29, 1.82) is 0 Å². The molecule has 0 aromatic carbocycles. The van der Waals surface area contributed by atoms with E-state index >= 15 is 0 Å². The van der Waals surface area contributed by atoms with E-state index in [1.807, 2.05) is 6.07 Å². The zero-order valence-corrected chi connectivity index (χ0v) is 13.3. The summed E-state index contributed by atoms with van der Waals surface area (Å²) < 4.78 is 6.34. The molecule has 0 amide bonds. The highest BCUT2D eigenvalue weighted by Gasteiger charge is 2.17. The molecule has 1 fully saturated rings. The predicted molar refractivity (Wildman–Crippen MR) is 81.6 cm³/mol. The number of halogens is 1. The van der Waals surface area contributed by atoms with Gasteiger partial charge in [0.2, 0.25) is 0 Å². The first-order chi connectivity index (χ1) is 9.24. The fourth-order valence-corrected chi connectivity index (χ4v) is 2.68. The molecule has 0 radical (unpaired) electrons. The Morgan fingerprint density at radius 3 is 2.58 bits per heavy atom. The second kappa shape index (κ2) is 7.22. The van der Waals surface area contributed by atoms with Crippen LogP contribution in [0.15, 0.2) is 16.7 Å². The molecule has 4 nitrogen and oxygen atoms in total. The van der Waals surface area contributed by atoms with Crippen molar-refractivity contribution < 1.29 is 4.74 Å². The summed E-state index contributed by atoms with van der Waals surface area (Å²) in [5.41, 5.74) is 2.40. The summed E-state index contributed by atoms with van der Waals surface area (Å²) >= 11 is 3.48. The number of rotatable bonds is 5. The molecule has 1 aromatic rings. The monoisotopic (exact) mass is 327 g/mol. The maximum absolute atomic E-state index is 5.43. The molecule has 106 valence electrons. The average molecular weight is 328 g/mol. The van der Waals surface area contributed by atoms with Crippen LogP contribution in [0.4, 0.5) is 5.69 Å². The summed E-state index contributed by atoms with van der Waals surface area (Å²) in [6.07, 6.45) is 0. The van der Waals surface area contributed by atoms with Crippen LogP contribution in [0.2, 0.25) is 0 Å². The highest BCUT2D eigenvalue weighted by molar-refractivity contribution is 9.10. The van der Waals surface area contributed by atoms with Crippen molar-refractivity contribution >= 4 is 21.6 Å². The van der Waals surface area contributed by atoms with E-state index < -0.39 is 0 Å². The van der Waals surface area contributed by atoms with Crippen LogP contribution in [0.1, 0.15) is 19.5 Å². The van der Waals surface area contributed by atoms with Gasteiger partial charge < -0.3 is 9.64 Å². The molecular formula is C14H22BrN3O. The van der Waals surface area contributed by atoms with Gasteiger partial charge in [-0.05, 0) is 41.2 Å². The van der Waals surface area contributed by atoms with Gasteiger partial charge in [0.05, 0.1) is 24.6 Å². The van der Waals surface area contributed by atoms with Crippen molar-refractivity contribution in [2.75, 3.05) is 44.3 Å². The van der Waals surface area contributed by atoms with Crippen LogP contribution in [0.5, 0.6) is 0 Å². The minimum atomic E-state index is 0.806. The Labute approximate surface area is 123 Å². The van der Waals surface area contributed by atoms with Crippen LogP contribution in [-0.4, -0.2) is 49.3 Å². The van der Waals surface area contributed by atoms with Crippen molar-refractivity contribution in [3.63, 3.8) is 0 Å². The minimum Gasteiger partial charge on any atom is -0.378 e. The van der Waals surface area contributed by atoms with Gasteiger partial charge >= 0.3 is 0 Å². The molecule has 0 aliphatic carbocycles. The van der Waals surface area contributed by atoms with Gasteiger partial charge in [-0.1, -0.05) is 13.8 Å². The fourth-order valence-electron chi connectivity index (χ4n) is 2.33. The first-order valence-electron chi connectivity index (χ1n) is 6.95. The van der Waals surface area contributed by atoms with Gasteiger partial charge in [-0.3, -0.25) is 4.90 Å². The molecule has 1 aliphatic heterocycles. The molecule has 5 heteroatoms. The molecule has 0 atom stereocenters. The van der Waals surface area contributed by atoms with E-state index in [0.717, 1.165) is 56.2 Å². The highest BCUT2D eigenvalue weighted by Crippen LogP contribution is 2.23. The molecule has 0 unspecified atom stereocenters. The van der Waals surface area contributed by atoms with Crippen LogP contribution in [0.25, 0.3) is 0 Å². The number of ether oxygens (including phenoxy) is 1. The van der Waals surface area contributed by atoms with E-state index in [1.54, 1.807) is 0 Å². The zero-order chi connectivity index (χ0) is 13.7. The third kappa shape index (κ3) is 3.91. The molecule has 2 rings (SSSR count). The van der Waals surface area contributed by atoms with Crippen molar-refractivity contribution in [2.45, 2.75) is 20.4 Å². The molecule has 0 bridgehead atoms. The SMILES string of the molecule is CCN(CC)Cc1nc(Br)ccc1N1CCOCC1. The Morgan fingerprint density at radius 1 is 1.26 bits per heavy atom. The third-order valence-corrected chi connectivity index (χ3v) is 3.98. The molecule has 19 heavy (non-hydrogen) atoms. The van der Waals surface area contributed by atoms with E-state index in [9.17, 15) is 0 Å². The quantitative estimate of drug-likeness (QED) is 0.777. The van der Waals surface area contributed by atoms with Crippen molar-refractivity contribution in [3.05, 3.63) is 22.4 Å². The smallest absolute Gasteiger partial charge is 0.106 e. The average Bonchev–Trinajstić information content (AvgIpc) is 2.46. The molecule has 0 saturated carbocycles. The maximum Gasteiger partial charge on any atom is 0.106 e. The largest absolute Gasteiger partial charge is 0.378 e. The molecule has 1 saturated heterocycles. The van der Waals surface area contributed by atoms with Crippen LogP contribution < -0.4 is 4.90 Å². The van der Waals surface area contributed by atoms with Gasteiger partial charge in [-0.25, -0.2) is 4.98 Å². The number of pyridine rings is 1. The lowest BCUT2D eigenvalue weighted by Gasteiger charge is -2.31. The number of morpholine rings is 1. The summed E-state index contributed by atoms with van der Waals surface area (Å²) in [5.74, 6) is 0. The van der Waals surface area contributed by atoms with Gasteiger partial charge in [0.1, 0.15) is 4.60 Å². The molecule has 2 heterocycles. The predicted octanol–water partition coefficient (Wildman–Crippen LogP) is 2.52. The van der Waals surface area contributed by atoms with Crippen LogP contribution in [0, 0.1) is 0 Å². The number of anilines is 1. The Hall–Kier alpha value is -0.650. The topological polar surface area (TPSA) is 28.6 Å². The van der Waals surface area contributed by atoms with Gasteiger partial charge in [-0.2, -0.15) is 0 Å². The van der Waals surface area contributed by atoms with Gasteiger partial charge in [0, 0.05) is 19.6 Å². The minimum absolute atomic E-state index is 0.806. The molecule has 0 N–H and O–H groups in total. The molecule has 1 aromatic heterocycles. The molecule has 1 aliphatic rings. The van der Waals surface area contributed by atoms with Crippen LogP contribution >= 0.6 is 15.9 Å². The van der Waals surface area contributed by atoms with E-state index in [1.165, 1.54) is 5.69 Å². The second-order valence-corrected chi connectivity index (χ2v) is 5.47. The first kappa shape index (κ1) is 14.8. The lowest BCUT2D eigenvalue weighted by molar-refractivity contribution is 0.122. The number of hydrogen-bond acceptors (Lipinski definition) is 4. The lowest BCUT2D eigenvalue weighted by atomic mass is 10.2. The van der Waals surface area contributed by atoms with Crippen molar-refractivity contribution in [1.82, 2.24) is 9.88 Å². The van der Waals surface area contributed by atoms with Crippen LogP contribution in [-0.2, 0) is 11.3 Å². The third-order valence-electron chi connectivity index (χ3n) is 3.54. The maximum atomic E-state index is 5.43. The normalized spacial score (nSPS) is 16.1. The summed E-state index contributed by atoms with van der Waals surface area (Å²) in [6.45, 7) is 10.9. The lowest BCUT2D eigenvalue weighted by Crippen LogP contribution is -2.37. The fraction of sp³-hybridized carbons (Fsp3) is 0.643. The van der Waals surface area contributed by atoms with Crippen LogP contribution in [0.3, 0.4) is 0 Å². The first-order valence-corrected chi connectivity index (χ1v) is 7.74. The van der Waals surface area contributed by atoms with E-state index in [4.69, 9.17) is 4.74 Å². The highest BCUT2D eigenvalue weighted by atomic mass is 79.9. The Morgan fingerprint density at radius 2 is 1.95 bits per heavy atom. The number of aromatic nitrogens is 1. The molecular weight excluding hydrogens is 306 g/mol. The molecule has 0 spiro atoms. The van der Waals surface area contributed by atoms with E-state index in [2.05, 4.69) is 50.6 Å². The summed E-state index contributed by atoms with van der Waals surface area (Å²) in [5, 5.41) is 0. The van der Waals surface area contributed by atoms with Gasteiger partial charge in [0.25, 0.3) is 0 Å². The Balaban J connectivity index is 2.21. The number of hydrogen-bond donors (Lipinski definition) is 0. The second-order valence-electron chi connectivity index (χ2n) is 4.66. The summed E-state index contributed by atoms with van der Waals surface area (Å²) in [6, 6.07) is 4.19. The van der Waals surface area contributed by atoms with E-state index in [-0.39, 0.29) is 0 Å². The summed E-state index contributed by atoms with van der Waals surface area (Å²) in [7, 11) is 0.